The summed E-state index contributed by atoms with van der Waals surface area (Å²) in [5.41, 5.74) is 0.270. The van der Waals surface area contributed by atoms with E-state index in [0.717, 1.165) is 24.8 Å². The molecule has 17 heavy (non-hydrogen) atoms. The fourth-order valence-corrected chi connectivity index (χ4v) is 2.36. The van der Waals surface area contributed by atoms with Crippen LogP contribution in [-0.4, -0.2) is 18.0 Å². The molecular weight excluding hydrogens is 236 g/mol. The van der Waals surface area contributed by atoms with Gasteiger partial charge in [0.15, 0.2) is 5.78 Å². The molecule has 2 rings (SSSR count). The van der Waals surface area contributed by atoms with E-state index in [0.29, 0.717) is 18.1 Å². The van der Waals surface area contributed by atoms with E-state index in [2.05, 4.69) is 0 Å². The van der Waals surface area contributed by atoms with Crippen LogP contribution in [0.15, 0.2) is 24.3 Å². The zero-order valence-corrected chi connectivity index (χ0v) is 10.8. The second-order valence-electron chi connectivity index (χ2n) is 4.73. The van der Waals surface area contributed by atoms with Crippen molar-refractivity contribution >= 4 is 17.4 Å². The molecular formula is C14H17ClO2. The smallest absolute Gasteiger partial charge is 0.168 e. The highest BCUT2D eigenvalue weighted by atomic mass is 35.5. The summed E-state index contributed by atoms with van der Waals surface area (Å²) in [6.45, 7) is 2.58. The van der Waals surface area contributed by atoms with Crippen LogP contribution < -0.4 is 0 Å². The number of halogens is 1. The summed E-state index contributed by atoms with van der Waals surface area (Å²) in [6, 6.07) is 7.48. The van der Waals surface area contributed by atoms with Gasteiger partial charge in [-0.25, -0.2) is 0 Å². The van der Waals surface area contributed by atoms with Crippen molar-refractivity contribution in [2.45, 2.75) is 38.2 Å². The summed E-state index contributed by atoms with van der Waals surface area (Å²) in [5.74, 6) is 0.130. The van der Waals surface area contributed by atoms with Gasteiger partial charge in [-0.3, -0.25) is 4.79 Å². The largest absolute Gasteiger partial charge is 0.367 e. The van der Waals surface area contributed by atoms with Gasteiger partial charge < -0.3 is 4.74 Å². The number of carbonyl (C=O) groups excluding carboxylic acids is 1. The van der Waals surface area contributed by atoms with Crippen LogP contribution >= 0.6 is 11.6 Å². The van der Waals surface area contributed by atoms with Gasteiger partial charge >= 0.3 is 0 Å². The van der Waals surface area contributed by atoms with E-state index in [9.17, 15) is 4.79 Å². The van der Waals surface area contributed by atoms with Crippen LogP contribution in [0.5, 0.6) is 0 Å². The molecule has 1 fully saturated rings. The van der Waals surface area contributed by atoms with E-state index < -0.39 is 5.60 Å². The molecule has 1 aromatic rings. The first kappa shape index (κ1) is 12.6. The van der Waals surface area contributed by atoms with Gasteiger partial charge in [-0.15, -0.1) is 0 Å². The number of carbonyl (C=O) groups is 1. The average Bonchev–Trinajstić information content (AvgIpc) is 2.33. The molecule has 1 aliphatic rings. The summed E-state index contributed by atoms with van der Waals surface area (Å²) >= 11 is 6.06. The number of hydrogen-bond acceptors (Lipinski definition) is 2. The van der Waals surface area contributed by atoms with Crippen molar-refractivity contribution in [2.24, 2.45) is 0 Å². The molecule has 0 aliphatic carbocycles. The third kappa shape index (κ3) is 2.88. The van der Waals surface area contributed by atoms with Crippen molar-refractivity contribution in [1.29, 1.82) is 0 Å². The Morgan fingerprint density at radius 2 is 2.18 bits per heavy atom. The fraction of sp³-hybridized carbons (Fsp3) is 0.500. The average molecular weight is 253 g/mol. The van der Waals surface area contributed by atoms with Gasteiger partial charge in [0, 0.05) is 18.1 Å². The maximum absolute atomic E-state index is 12.3. The lowest BCUT2D eigenvalue weighted by atomic mass is 9.88. The first-order chi connectivity index (χ1) is 8.12. The third-order valence-corrected chi connectivity index (χ3v) is 3.74. The first-order valence-electron chi connectivity index (χ1n) is 6.02. The van der Waals surface area contributed by atoms with Crippen LogP contribution in [0.1, 0.15) is 31.7 Å². The molecule has 0 N–H and O–H groups in total. The molecule has 92 valence electrons. The Morgan fingerprint density at radius 1 is 1.41 bits per heavy atom. The van der Waals surface area contributed by atoms with Crippen molar-refractivity contribution < 1.29 is 9.53 Å². The predicted molar refractivity (Wildman–Crippen MR) is 68.4 cm³/mol. The molecule has 1 saturated heterocycles. The van der Waals surface area contributed by atoms with Gasteiger partial charge in [0.1, 0.15) is 5.60 Å². The summed E-state index contributed by atoms with van der Waals surface area (Å²) in [7, 11) is 0. The zero-order valence-electron chi connectivity index (χ0n) is 10.0. The third-order valence-electron chi connectivity index (χ3n) is 3.37. The van der Waals surface area contributed by atoms with Gasteiger partial charge in [-0.1, -0.05) is 29.8 Å². The van der Waals surface area contributed by atoms with Crippen LogP contribution in [0.2, 0.25) is 5.02 Å². The van der Waals surface area contributed by atoms with Gasteiger partial charge in [-0.05, 0) is 37.8 Å². The standard InChI is InChI=1S/C14H17ClO2/c1-14(8-4-5-9-17-14)13(16)10-11-6-2-3-7-12(11)15/h2-3,6-7H,4-5,8-10H2,1H3. The Morgan fingerprint density at radius 3 is 2.82 bits per heavy atom. The molecule has 3 heteroatoms. The number of rotatable bonds is 3. The van der Waals surface area contributed by atoms with E-state index in [1.165, 1.54) is 0 Å². The Hall–Kier alpha value is -0.860. The van der Waals surface area contributed by atoms with Gasteiger partial charge in [0.25, 0.3) is 0 Å². The minimum Gasteiger partial charge on any atom is -0.367 e. The molecule has 0 saturated carbocycles. The monoisotopic (exact) mass is 252 g/mol. The normalized spacial score (nSPS) is 24.6. The Kier molecular flexibility index (Phi) is 3.85. The summed E-state index contributed by atoms with van der Waals surface area (Å²) in [6.07, 6.45) is 3.28. The van der Waals surface area contributed by atoms with Crippen molar-refractivity contribution in [3.8, 4) is 0 Å². The van der Waals surface area contributed by atoms with E-state index in [-0.39, 0.29) is 5.78 Å². The highest BCUT2D eigenvalue weighted by Crippen LogP contribution is 2.27. The van der Waals surface area contributed by atoms with Gasteiger partial charge in [0.2, 0.25) is 0 Å². The van der Waals surface area contributed by atoms with Crippen molar-refractivity contribution in [2.75, 3.05) is 6.61 Å². The summed E-state index contributed by atoms with van der Waals surface area (Å²) in [5, 5.41) is 0.653. The molecule has 1 aromatic carbocycles. The van der Waals surface area contributed by atoms with Crippen LogP contribution in [0.3, 0.4) is 0 Å². The predicted octanol–water partition coefficient (Wildman–Crippen LogP) is 3.41. The van der Waals surface area contributed by atoms with Crippen LogP contribution in [0.25, 0.3) is 0 Å². The topological polar surface area (TPSA) is 26.3 Å². The number of ether oxygens (including phenoxy) is 1. The SMILES string of the molecule is CC1(C(=O)Cc2ccccc2Cl)CCCCO1. The van der Waals surface area contributed by atoms with E-state index >= 15 is 0 Å². The molecule has 0 amide bonds. The molecule has 2 nitrogen and oxygen atoms in total. The molecule has 1 heterocycles. The molecule has 0 bridgehead atoms. The van der Waals surface area contributed by atoms with Crippen molar-refractivity contribution in [1.82, 2.24) is 0 Å². The molecule has 0 radical (unpaired) electrons. The summed E-state index contributed by atoms with van der Waals surface area (Å²) in [4.78, 5) is 12.3. The second kappa shape index (κ2) is 5.19. The fourth-order valence-electron chi connectivity index (χ4n) is 2.16. The number of benzene rings is 1. The molecule has 0 spiro atoms. The number of ketones is 1. The number of hydrogen-bond donors (Lipinski definition) is 0. The lowest BCUT2D eigenvalue weighted by Crippen LogP contribution is -2.42. The Labute approximate surface area is 107 Å². The van der Waals surface area contributed by atoms with Crippen LogP contribution in [0, 0.1) is 0 Å². The number of Topliss-reactive ketones (excluding diaryl/α,β-unsaturated/α-hetero) is 1. The maximum Gasteiger partial charge on any atom is 0.168 e. The van der Waals surface area contributed by atoms with Crippen LogP contribution in [0.4, 0.5) is 0 Å². The lowest BCUT2D eigenvalue weighted by molar-refractivity contribution is -0.147. The molecule has 1 aliphatic heterocycles. The lowest BCUT2D eigenvalue weighted by Gasteiger charge is -2.32. The van der Waals surface area contributed by atoms with E-state index in [4.69, 9.17) is 16.3 Å². The second-order valence-corrected chi connectivity index (χ2v) is 5.13. The maximum atomic E-state index is 12.3. The minimum atomic E-state index is -0.614. The molecule has 1 atom stereocenters. The highest BCUT2D eigenvalue weighted by molar-refractivity contribution is 6.31. The quantitative estimate of drug-likeness (QED) is 0.824. The van der Waals surface area contributed by atoms with E-state index in [1.54, 1.807) is 0 Å². The van der Waals surface area contributed by atoms with E-state index in [1.807, 2.05) is 31.2 Å². The van der Waals surface area contributed by atoms with Gasteiger partial charge in [-0.2, -0.15) is 0 Å². The first-order valence-corrected chi connectivity index (χ1v) is 6.40. The van der Waals surface area contributed by atoms with Crippen LogP contribution in [-0.2, 0) is 16.0 Å². The van der Waals surface area contributed by atoms with Gasteiger partial charge in [0.05, 0.1) is 0 Å². The molecule has 0 aromatic heterocycles. The summed E-state index contributed by atoms with van der Waals surface area (Å²) < 4.78 is 5.65. The zero-order chi connectivity index (χ0) is 12.3. The highest BCUT2D eigenvalue weighted by Gasteiger charge is 2.35. The molecule has 1 unspecified atom stereocenters. The Balaban J connectivity index is 2.08. The Bertz CT molecular complexity index is 408. The van der Waals surface area contributed by atoms with Crippen molar-refractivity contribution in [3.05, 3.63) is 34.9 Å². The minimum absolute atomic E-state index is 0.130. The van der Waals surface area contributed by atoms with Crippen molar-refractivity contribution in [3.63, 3.8) is 0 Å².